The Balaban J connectivity index is 2.38. The van der Waals surface area contributed by atoms with Crippen molar-refractivity contribution in [2.75, 3.05) is 7.11 Å². The fourth-order valence-corrected chi connectivity index (χ4v) is 2.36. The average Bonchev–Trinajstić information content (AvgIpc) is 2.51. The molecule has 0 N–H and O–H groups in total. The Labute approximate surface area is 130 Å². The third-order valence-electron chi connectivity index (χ3n) is 3.03. The molecule has 0 fully saturated rings. The first kappa shape index (κ1) is 15.2. The lowest BCUT2D eigenvalue weighted by Crippen LogP contribution is -2.12. The molecule has 1 atom stereocenters. The maximum absolute atomic E-state index is 13.3. The van der Waals surface area contributed by atoms with Crippen LogP contribution in [0.1, 0.15) is 21.8 Å². The summed E-state index contributed by atoms with van der Waals surface area (Å²) in [6.07, 6.45) is 0. The zero-order chi connectivity index (χ0) is 15.4. The van der Waals surface area contributed by atoms with Crippen LogP contribution in [0.15, 0.2) is 46.9 Å². The molecule has 0 heterocycles. The van der Waals surface area contributed by atoms with Crippen molar-refractivity contribution in [1.29, 1.82) is 5.26 Å². The monoisotopic (exact) mass is 347 g/mol. The summed E-state index contributed by atoms with van der Waals surface area (Å²) in [5, 5.41) is 9.29. The van der Waals surface area contributed by atoms with E-state index in [0.717, 1.165) is 6.07 Å². The second-order valence-corrected chi connectivity index (χ2v) is 5.18. The van der Waals surface area contributed by atoms with Gasteiger partial charge in [0.25, 0.3) is 0 Å². The normalized spacial score (nSPS) is 11.5. The largest absolute Gasteiger partial charge is 0.497 e. The molecule has 0 spiro atoms. The summed E-state index contributed by atoms with van der Waals surface area (Å²) in [5.41, 5.74) is 0.692. The number of carbonyl (C=O) groups excluding carboxylic acids is 1. The molecule has 2 rings (SSSR count). The van der Waals surface area contributed by atoms with Gasteiger partial charge in [-0.3, -0.25) is 4.79 Å². The fraction of sp³-hybridized carbons (Fsp3) is 0.125. The molecule has 0 saturated carbocycles. The highest BCUT2D eigenvalue weighted by molar-refractivity contribution is 9.10. The van der Waals surface area contributed by atoms with Crippen LogP contribution in [0.25, 0.3) is 0 Å². The molecular formula is C16H11BrFNO2. The van der Waals surface area contributed by atoms with Gasteiger partial charge in [-0.2, -0.15) is 5.26 Å². The standard InChI is InChI=1S/C16H11BrFNO2/c1-21-12-5-2-10(3-6-12)14(9-19)16(20)13-8-11(18)4-7-15(13)17/h2-8,14H,1H3. The molecule has 1 unspecified atom stereocenters. The highest BCUT2D eigenvalue weighted by Crippen LogP contribution is 2.27. The topological polar surface area (TPSA) is 50.1 Å². The Morgan fingerprint density at radius 2 is 1.95 bits per heavy atom. The number of rotatable bonds is 4. The summed E-state index contributed by atoms with van der Waals surface area (Å²) in [7, 11) is 1.53. The lowest BCUT2D eigenvalue weighted by molar-refractivity contribution is 0.0977. The molecule has 21 heavy (non-hydrogen) atoms. The van der Waals surface area contributed by atoms with Gasteiger partial charge in [-0.05, 0) is 35.9 Å². The van der Waals surface area contributed by atoms with E-state index in [1.54, 1.807) is 24.3 Å². The smallest absolute Gasteiger partial charge is 0.185 e. The van der Waals surface area contributed by atoms with Crippen LogP contribution in [0.2, 0.25) is 0 Å². The molecule has 5 heteroatoms. The minimum Gasteiger partial charge on any atom is -0.497 e. The van der Waals surface area contributed by atoms with Crippen molar-refractivity contribution in [3.8, 4) is 11.8 Å². The van der Waals surface area contributed by atoms with Crippen LogP contribution in [0.4, 0.5) is 4.39 Å². The number of hydrogen-bond donors (Lipinski definition) is 0. The number of ketones is 1. The van der Waals surface area contributed by atoms with Gasteiger partial charge in [0.1, 0.15) is 17.5 Å². The molecular weight excluding hydrogens is 337 g/mol. The Hall–Kier alpha value is -2.19. The lowest BCUT2D eigenvalue weighted by Gasteiger charge is -2.11. The van der Waals surface area contributed by atoms with Crippen molar-refractivity contribution >= 4 is 21.7 Å². The molecule has 0 radical (unpaired) electrons. The van der Waals surface area contributed by atoms with Crippen LogP contribution >= 0.6 is 15.9 Å². The van der Waals surface area contributed by atoms with E-state index in [-0.39, 0.29) is 5.56 Å². The number of benzene rings is 2. The Morgan fingerprint density at radius 1 is 1.29 bits per heavy atom. The maximum atomic E-state index is 13.3. The Kier molecular flexibility index (Phi) is 4.71. The van der Waals surface area contributed by atoms with E-state index in [0.29, 0.717) is 15.8 Å². The Morgan fingerprint density at radius 3 is 2.52 bits per heavy atom. The minimum absolute atomic E-state index is 0.150. The molecule has 0 saturated heterocycles. The van der Waals surface area contributed by atoms with Crippen molar-refractivity contribution in [2.45, 2.75) is 5.92 Å². The first-order chi connectivity index (χ1) is 10.1. The zero-order valence-electron chi connectivity index (χ0n) is 11.1. The number of nitrogens with zero attached hydrogens (tertiary/aromatic N) is 1. The van der Waals surface area contributed by atoms with E-state index >= 15 is 0 Å². The van der Waals surface area contributed by atoms with Gasteiger partial charge >= 0.3 is 0 Å². The average molecular weight is 348 g/mol. The van der Waals surface area contributed by atoms with Gasteiger partial charge in [-0.25, -0.2) is 4.39 Å². The molecule has 0 aliphatic carbocycles. The third kappa shape index (κ3) is 3.29. The molecule has 106 valence electrons. The van der Waals surface area contributed by atoms with Gasteiger partial charge in [-0.1, -0.05) is 28.1 Å². The van der Waals surface area contributed by atoms with Crippen LogP contribution < -0.4 is 4.74 Å². The summed E-state index contributed by atoms with van der Waals surface area (Å²) in [5.74, 6) is -1.33. The van der Waals surface area contributed by atoms with Crippen LogP contribution in [0.5, 0.6) is 5.75 Å². The SMILES string of the molecule is COc1ccc(C(C#N)C(=O)c2cc(F)ccc2Br)cc1. The molecule has 0 bridgehead atoms. The summed E-state index contributed by atoms with van der Waals surface area (Å²) in [6.45, 7) is 0. The van der Waals surface area contributed by atoms with Crippen LogP contribution in [-0.4, -0.2) is 12.9 Å². The summed E-state index contributed by atoms with van der Waals surface area (Å²) < 4.78 is 18.8. The molecule has 0 amide bonds. The van der Waals surface area contributed by atoms with E-state index in [1.165, 1.54) is 19.2 Å². The number of ether oxygens (including phenoxy) is 1. The van der Waals surface area contributed by atoms with Crippen LogP contribution in [0.3, 0.4) is 0 Å². The van der Waals surface area contributed by atoms with E-state index in [1.807, 2.05) is 6.07 Å². The van der Waals surface area contributed by atoms with Crippen molar-refractivity contribution in [3.05, 3.63) is 63.9 Å². The minimum atomic E-state index is -0.992. The fourth-order valence-electron chi connectivity index (χ4n) is 1.92. The molecule has 0 aliphatic heterocycles. The predicted molar refractivity (Wildman–Crippen MR) is 79.8 cm³/mol. The van der Waals surface area contributed by atoms with Crippen LogP contribution in [-0.2, 0) is 0 Å². The van der Waals surface area contributed by atoms with E-state index in [2.05, 4.69) is 15.9 Å². The van der Waals surface area contributed by atoms with Gasteiger partial charge in [0.05, 0.1) is 13.2 Å². The number of nitriles is 1. The zero-order valence-corrected chi connectivity index (χ0v) is 12.7. The third-order valence-corrected chi connectivity index (χ3v) is 3.73. The van der Waals surface area contributed by atoms with Gasteiger partial charge < -0.3 is 4.74 Å². The predicted octanol–water partition coefficient (Wildman–Crippen LogP) is 4.09. The first-order valence-electron chi connectivity index (χ1n) is 6.09. The van der Waals surface area contributed by atoms with Crippen molar-refractivity contribution in [1.82, 2.24) is 0 Å². The quantitative estimate of drug-likeness (QED) is 0.782. The van der Waals surface area contributed by atoms with Crippen molar-refractivity contribution < 1.29 is 13.9 Å². The van der Waals surface area contributed by atoms with Gasteiger partial charge in [0.15, 0.2) is 5.78 Å². The highest BCUT2D eigenvalue weighted by atomic mass is 79.9. The molecule has 2 aromatic carbocycles. The molecule has 0 aliphatic rings. The van der Waals surface area contributed by atoms with Crippen molar-refractivity contribution in [3.63, 3.8) is 0 Å². The summed E-state index contributed by atoms with van der Waals surface area (Å²) in [6, 6.07) is 12.4. The Bertz CT molecular complexity index is 707. The van der Waals surface area contributed by atoms with Gasteiger partial charge in [0, 0.05) is 10.0 Å². The number of carbonyl (C=O) groups is 1. The van der Waals surface area contributed by atoms with Gasteiger partial charge in [-0.15, -0.1) is 0 Å². The van der Waals surface area contributed by atoms with Crippen LogP contribution in [0, 0.1) is 17.1 Å². The van der Waals surface area contributed by atoms with E-state index < -0.39 is 17.5 Å². The first-order valence-corrected chi connectivity index (χ1v) is 6.89. The van der Waals surface area contributed by atoms with Crippen molar-refractivity contribution in [2.24, 2.45) is 0 Å². The second kappa shape index (κ2) is 6.51. The molecule has 2 aromatic rings. The number of Topliss-reactive ketones (excluding diaryl/α,β-unsaturated/α-hetero) is 1. The summed E-state index contributed by atoms with van der Waals surface area (Å²) in [4.78, 5) is 12.5. The molecule has 3 nitrogen and oxygen atoms in total. The highest BCUT2D eigenvalue weighted by Gasteiger charge is 2.24. The lowest BCUT2D eigenvalue weighted by atomic mass is 9.92. The number of hydrogen-bond acceptors (Lipinski definition) is 3. The number of methoxy groups -OCH3 is 1. The second-order valence-electron chi connectivity index (χ2n) is 4.32. The summed E-state index contributed by atoms with van der Waals surface area (Å²) >= 11 is 3.21. The molecule has 0 aromatic heterocycles. The van der Waals surface area contributed by atoms with E-state index in [4.69, 9.17) is 4.74 Å². The van der Waals surface area contributed by atoms with E-state index in [9.17, 15) is 14.4 Å². The van der Waals surface area contributed by atoms with Gasteiger partial charge in [0.2, 0.25) is 0 Å². The maximum Gasteiger partial charge on any atom is 0.185 e. The number of halogens is 2.